The second-order valence-electron chi connectivity index (χ2n) is 7.65. The second kappa shape index (κ2) is 9.35. The molecule has 1 unspecified atom stereocenters. The number of sulfonamides is 1. The summed E-state index contributed by atoms with van der Waals surface area (Å²) in [6.45, 7) is 7.75. The highest BCUT2D eigenvalue weighted by atomic mass is 32.2. The maximum absolute atomic E-state index is 13.4. The van der Waals surface area contributed by atoms with E-state index < -0.39 is 10.0 Å². The number of nitrogens with zero attached hydrogens (tertiary/aromatic N) is 2. The average Bonchev–Trinajstić information content (AvgIpc) is 3.20. The van der Waals surface area contributed by atoms with Gasteiger partial charge in [0, 0.05) is 52.3 Å². The van der Waals surface area contributed by atoms with Gasteiger partial charge in [-0.25, -0.2) is 8.42 Å². The maximum atomic E-state index is 13.4. The van der Waals surface area contributed by atoms with Crippen LogP contribution in [0.2, 0.25) is 0 Å². The van der Waals surface area contributed by atoms with Gasteiger partial charge in [-0.1, -0.05) is 12.1 Å². The van der Waals surface area contributed by atoms with E-state index in [1.165, 1.54) is 4.31 Å². The van der Waals surface area contributed by atoms with E-state index in [0.717, 1.165) is 37.1 Å². The molecule has 0 radical (unpaired) electrons. The molecule has 156 valence electrons. The van der Waals surface area contributed by atoms with Crippen molar-refractivity contribution < 1.29 is 17.9 Å². The fourth-order valence-corrected chi connectivity index (χ4v) is 5.52. The predicted octanol–water partition coefficient (Wildman–Crippen LogP) is 1.30. The molecule has 0 aliphatic carbocycles. The minimum absolute atomic E-state index is 0.00926. The second-order valence-corrected chi connectivity index (χ2v) is 9.55. The summed E-state index contributed by atoms with van der Waals surface area (Å²) in [6, 6.07) is 5.45. The van der Waals surface area contributed by atoms with Crippen molar-refractivity contribution in [2.45, 2.75) is 44.1 Å². The third-order valence-corrected chi connectivity index (χ3v) is 7.44. The highest BCUT2D eigenvalue weighted by molar-refractivity contribution is 7.89. The molecule has 1 atom stereocenters. The highest BCUT2D eigenvalue weighted by Crippen LogP contribution is 2.24. The monoisotopic (exact) mass is 409 g/mol. The quantitative estimate of drug-likeness (QED) is 0.734. The van der Waals surface area contributed by atoms with Crippen LogP contribution >= 0.6 is 0 Å². The van der Waals surface area contributed by atoms with Crippen LogP contribution in [-0.4, -0.2) is 75.5 Å². The van der Waals surface area contributed by atoms with Crippen molar-refractivity contribution in [3.8, 4) is 0 Å². The molecule has 0 aromatic heterocycles. The Morgan fingerprint density at radius 2 is 2.04 bits per heavy atom. The summed E-state index contributed by atoms with van der Waals surface area (Å²) in [6.07, 6.45) is 1.89. The predicted molar refractivity (Wildman–Crippen MR) is 108 cm³/mol. The van der Waals surface area contributed by atoms with Crippen molar-refractivity contribution in [1.82, 2.24) is 14.5 Å². The molecule has 0 bridgehead atoms. The Balaban J connectivity index is 1.77. The van der Waals surface area contributed by atoms with Crippen LogP contribution in [0.1, 0.15) is 30.4 Å². The summed E-state index contributed by atoms with van der Waals surface area (Å²) in [5.41, 5.74) is 1.62. The molecule has 28 heavy (non-hydrogen) atoms. The number of hydrogen-bond acceptors (Lipinski definition) is 5. The minimum atomic E-state index is -3.70. The van der Waals surface area contributed by atoms with Gasteiger partial charge in [0.2, 0.25) is 15.9 Å². The number of amides is 1. The summed E-state index contributed by atoms with van der Waals surface area (Å²) in [7, 11) is -3.70. The first kappa shape index (κ1) is 21.2. The number of piperazine rings is 1. The van der Waals surface area contributed by atoms with Gasteiger partial charge in [-0.3, -0.25) is 4.79 Å². The first-order valence-corrected chi connectivity index (χ1v) is 11.5. The molecule has 1 aromatic carbocycles. The molecule has 0 spiro atoms. The molecular weight excluding hydrogens is 378 g/mol. The molecule has 8 heteroatoms. The standard InChI is InChI=1S/C20H31N3O4S/c1-16-5-6-17(2)19(14-16)28(25,26)23(15-18-4-3-13-27-18)10-7-20(24)22-11-8-21-9-12-22/h5-6,14,18,21H,3-4,7-13,15H2,1-2H3. The van der Waals surface area contributed by atoms with Crippen LogP contribution in [0, 0.1) is 13.8 Å². The van der Waals surface area contributed by atoms with Gasteiger partial charge in [0.15, 0.2) is 0 Å². The highest BCUT2D eigenvalue weighted by Gasteiger charge is 2.31. The van der Waals surface area contributed by atoms with Gasteiger partial charge in [-0.2, -0.15) is 4.31 Å². The van der Waals surface area contributed by atoms with Crippen molar-refractivity contribution >= 4 is 15.9 Å². The van der Waals surface area contributed by atoms with Crippen LogP contribution in [-0.2, 0) is 19.6 Å². The first-order valence-electron chi connectivity index (χ1n) is 10.1. The zero-order chi connectivity index (χ0) is 20.1. The number of ether oxygens (including phenoxy) is 1. The van der Waals surface area contributed by atoms with E-state index in [-0.39, 0.29) is 25.0 Å². The van der Waals surface area contributed by atoms with E-state index >= 15 is 0 Å². The van der Waals surface area contributed by atoms with E-state index in [1.807, 2.05) is 30.9 Å². The van der Waals surface area contributed by atoms with Gasteiger partial charge in [0.1, 0.15) is 0 Å². The third-order valence-electron chi connectivity index (χ3n) is 5.44. The Labute approximate surface area is 168 Å². The molecule has 1 N–H and O–H groups in total. The SMILES string of the molecule is Cc1ccc(C)c(S(=O)(=O)N(CCC(=O)N2CCNCC2)CC2CCCO2)c1. The smallest absolute Gasteiger partial charge is 0.243 e. The lowest BCUT2D eigenvalue weighted by atomic mass is 10.2. The van der Waals surface area contributed by atoms with Crippen LogP contribution < -0.4 is 5.32 Å². The number of aryl methyl sites for hydroxylation is 2. The third kappa shape index (κ3) is 5.11. The van der Waals surface area contributed by atoms with Gasteiger partial charge in [0.25, 0.3) is 0 Å². The molecule has 2 saturated heterocycles. The van der Waals surface area contributed by atoms with Crippen molar-refractivity contribution in [3.63, 3.8) is 0 Å². The number of benzene rings is 1. The molecule has 2 aliphatic rings. The zero-order valence-electron chi connectivity index (χ0n) is 16.8. The number of carbonyl (C=O) groups is 1. The fraction of sp³-hybridized carbons (Fsp3) is 0.650. The van der Waals surface area contributed by atoms with Crippen LogP contribution in [0.5, 0.6) is 0 Å². The Kier molecular flexibility index (Phi) is 7.09. The average molecular weight is 410 g/mol. The van der Waals surface area contributed by atoms with Gasteiger partial charge in [-0.15, -0.1) is 0 Å². The summed E-state index contributed by atoms with van der Waals surface area (Å²) < 4.78 is 34.0. The summed E-state index contributed by atoms with van der Waals surface area (Å²) >= 11 is 0. The first-order chi connectivity index (χ1) is 13.4. The lowest BCUT2D eigenvalue weighted by Gasteiger charge is -2.29. The molecule has 2 fully saturated rings. The van der Waals surface area contributed by atoms with E-state index in [9.17, 15) is 13.2 Å². The van der Waals surface area contributed by atoms with E-state index in [2.05, 4.69) is 5.32 Å². The van der Waals surface area contributed by atoms with Gasteiger partial charge in [0.05, 0.1) is 11.0 Å². The van der Waals surface area contributed by atoms with Crippen LogP contribution in [0.25, 0.3) is 0 Å². The Bertz CT molecular complexity index is 785. The van der Waals surface area contributed by atoms with E-state index in [0.29, 0.717) is 31.1 Å². The van der Waals surface area contributed by atoms with Gasteiger partial charge in [-0.05, 0) is 43.9 Å². The molecule has 3 rings (SSSR count). The summed E-state index contributed by atoms with van der Waals surface area (Å²) in [5, 5.41) is 3.22. The molecule has 2 aliphatic heterocycles. The topological polar surface area (TPSA) is 79.0 Å². The molecule has 1 amide bonds. The van der Waals surface area contributed by atoms with Crippen molar-refractivity contribution in [2.24, 2.45) is 0 Å². The maximum Gasteiger partial charge on any atom is 0.243 e. The largest absolute Gasteiger partial charge is 0.377 e. The minimum Gasteiger partial charge on any atom is -0.377 e. The number of carbonyl (C=O) groups excluding carboxylic acids is 1. The molecule has 7 nitrogen and oxygen atoms in total. The lowest BCUT2D eigenvalue weighted by molar-refractivity contribution is -0.131. The van der Waals surface area contributed by atoms with Gasteiger partial charge >= 0.3 is 0 Å². The number of hydrogen-bond donors (Lipinski definition) is 1. The number of nitrogens with one attached hydrogen (secondary N) is 1. The summed E-state index contributed by atoms with van der Waals surface area (Å²) in [5.74, 6) is 0.00926. The Morgan fingerprint density at radius 3 is 2.71 bits per heavy atom. The normalized spacial score (nSPS) is 20.7. The van der Waals surface area contributed by atoms with Crippen LogP contribution in [0.3, 0.4) is 0 Å². The van der Waals surface area contributed by atoms with Gasteiger partial charge < -0.3 is 15.0 Å². The Morgan fingerprint density at radius 1 is 1.29 bits per heavy atom. The van der Waals surface area contributed by atoms with Crippen LogP contribution in [0.15, 0.2) is 23.1 Å². The molecular formula is C20H31N3O4S. The molecule has 2 heterocycles. The van der Waals surface area contributed by atoms with Crippen LogP contribution in [0.4, 0.5) is 0 Å². The van der Waals surface area contributed by atoms with Crippen molar-refractivity contribution in [2.75, 3.05) is 45.9 Å². The fourth-order valence-electron chi connectivity index (χ4n) is 3.74. The number of rotatable bonds is 7. The van der Waals surface area contributed by atoms with E-state index in [4.69, 9.17) is 4.74 Å². The lowest BCUT2D eigenvalue weighted by Crippen LogP contribution is -2.47. The summed E-state index contributed by atoms with van der Waals surface area (Å²) in [4.78, 5) is 14.7. The van der Waals surface area contributed by atoms with E-state index in [1.54, 1.807) is 6.07 Å². The Hall–Kier alpha value is -1.48. The molecule has 0 saturated carbocycles. The zero-order valence-corrected chi connectivity index (χ0v) is 17.6. The van der Waals surface area contributed by atoms with Crippen molar-refractivity contribution in [1.29, 1.82) is 0 Å². The van der Waals surface area contributed by atoms with Crippen molar-refractivity contribution in [3.05, 3.63) is 29.3 Å². The molecule has 1 aromatic rings.